The van der Waals surface area contributed by atoms with Crippen LogP contribution in [-0.2, 0) is 11.2 Å². The van der Waals surface area contributed by atoms with Gasteiger partial charge in [-0.1, -0.05) is 18.3 Å². The van der Waals surface area contributed by atoms with Crippen LogP contribution in [0.5, 0.6) is 0 Å². The number of hydrogen-bond acceptors (Lipinski definition) is 2. The van der Waals surface area contributed by atoms with Gasteiger partial charge in [-0.25, -0.2) is 4.98 Å². The van der Waals surface area contributed by atoms with Crippen LogP contribution in [0.15, 0.2) is 11.6 Å². The van der Waals surface area contributed by atoms with Gasteiger partial charge in [0.1, 0.15) is 0 Å². The Kier molecular flexibility index (Phi) is 10.1. The fraction of sp³-hybridized carbons (Fsp3) is 0.700. The molecule has 0 amide bonds. The van der Waals surface area contributed by atoms with E-state index in [1.54, 1.807) is 11.3 Å². The van der Waals surface area contributed by atoms with E-state index in [1.807, 2.05) is 6.20 Å². The van der Waals surface area contributed by atoms with E-state index in [1.165, 1.54) is 17.8 Å². The summed E-state index contributed by atoms with van der Waals surface area (Å²) in [6.45, 7) is 3.96. The molecule has 1 aromatic heterocycles. The van der Waals surface area contributed by atoms with E-state index in [-0.39, 0.29) is 24.0 Å². The summed E-state index contributed by atoms with van der Waals surface area (Å²) in [5.74, 6) is 0. The van der Waals surface area contributed by atoms with Crippen LogP contribution in [0.25, 0.3) is 0 Å². The standard InChI is InChI=1S/C10H17NOS.HI/c1-2-7-12-8-4-3-5-10-11-6-9-13-10;/h6,9H,2-5,7-8H2,1H3;1H. The average molecular weight is 327 g/mol. The minimum atomic E-state index is 0. The normalized spacial score (nSPS) is 9.79. The second kappa shape index (κ2) is 9.86. The highest BCUT2D eigenvalue weighted by Gasteiger charge is 2.00. The molecule has 1 aromatic rings. The molecule has 0 atom stereocenters. The highest BCUT2D eigenvalue weighted by Crippen LogP contribution is 2.04. The minimum Gasteiger partial charge on any atom is -1.00 e. The van der Waals surface area contributed by atoms with Gasteiger partial charge < -0.3 is 28.7 Å². The maximum absolute atomic E-state index is 5.40. The van der Waals surface area contributed by atoms with Gasteiger partial charge in [0.05, 0.1) is 5.38 Å². The fourth-order valence-electron chi connectivity index (χ4n) is 1.14. The summed E-state index contributed by atoms with van der Waals surface area (Å²) in [7, 11) is 0. The summed E-state index contributed by atoms with van der Waals surface area (Å²) >= 11 is 1.79. The van der Waals surface area contributed by atoms with E-state index in [9.17, 15) is 0 Å². The number of H-pyrrole nitrogens is 1. The van der Waals surface area contributed by atoms with Crippen molar-refractivity contribution in [3.8, 4) is 0 Å². The van der Waals surface area contributed by atoms with Crippen molar-refractivity contribution in [2.75, 3.05) is 13.2 Å². The highest BCUT2D eigenvalue weighted by molar-refractivity contribution is 7.09. The van der Waals surface area contributed by atoms with Crippen molar-refractivity contribution in [2.24, 2.45) is 0 Å². The van der Waals surface area contributed by atoms with Gasteiger partial charge in [-0.3, -0.25) is 0 Å². The molecule has 1 heterocycles. The number of aryl methyl sites for hydroxylation is 1. The molecule has 0 aliphatic rings. The Hall–Kier alpha value is 0.320. The van der Waals surface area contributed by atoms with E-state index < -0.39 is 0 Å². The first-order valence-corrected chi connectivity index (χ1v) is 5.83. The lowest BCUT2D eigenvalue weighted by atomic mass is 10.2. The molecule has 1 rings (SSSR count). The zero-order valence-electron chi connectivity index (χ0n) is 8.59. The van der Waals surface area contributed by atoms with E-state index in [0.717, 1.165) is 26.1 Å². The number of rotatable bonds is 7. The first-order chi connectivity index (χ1) is 6.43. The zero-order chi connectivity index (χ0) is 9.36. The van der Waals surface area contributed by atoms with Gasteiger partial charge in [-0.2, -0.15) is 0 Å². The lowest BCUT2D eigenvalue weighted by Gasteiger charge is -1.99. The second-order valence-electron chi connectivity index (χ2n) is 3.06. The highest BCUT2D eigenvalue weighted by atomic mass is 127. The number of ether oxygens (including phenoxy) is 1. The van der Waals surface area contributed by atoms with Crippen LogP contribution in [0.2, 0.25) is 0 Å². The number of aromatic nitrogens is 1. The molecule has 0 aliphatic heterocycles. The predicted octanol–water partition coefficient (Wildman–Crippen LogP) is -0.684. The lowest BCUT2D eigenvalue weighted by Crippen LogP contribution is -3.00. The molecule has 0 bridgehead atoms. The first-order valence-electron chi connectivity index (χ1n) is 4.95. The van der Waals surface area contributed by atoms with Crippen LogP contribution < -0.4 is 29.0 Å². The van der Waals surface area contributed by atoms with E-state index in [0.29, 0.717) is 0 Å². The van der Waals surface area contributed by atoms with Crippen molar-refractivity contribution in [3.05, 3.63) is 16.6 Å². The Morgan fingerprint density at radius 2 is 2.21 bits per heavy atom. The van der Waals surface area contributed by atoms with Crippen molar-refractivity contribution in [1.29, 1.82) is 0 Å². The van der Waals surface area contributed by atoms with Gasteiger partial charge in [-0.05, 0) is 19.3 Å². The molecule has 0 aliphatic carbocycles. The van der Waals surface area contributed by atoms with E-state index >= 15 is 0 Å². The monoisotopic (exact) mass is 327 g/mol. The molecule has 4 heteroatoms. The number of hydrogen-bond donors (Lipinski definition) is 0. The molecule has 14 heavy (non-hydrogen) atoms. The molecule has 0 radical (unpaired) electrons. The lowest BCUT2D eigenvalue weighted by molar-refractivity contribution is -0.382. The van der Waals surface area contributed by atoms with Gasteiger partial charge in [0.25, 0.3) is 0 Å². The minimum absolute atomic E-state index is 0. The summed E-state index contributed by atoms with van der Waals surface area (Å²) in [6.07, 6.45) is 6.67. The van der Waals surface area contributed by atoms with Crippen LogP contribution in [-0.4, -0.2) is 13.2 Å². The molecule has 2 nitrogen and oxygen atoms in total. The van der Waals surface area contributed by atoms with Crippen LogP contribution >= 0.6 is 11.3 Å². The fourth-order valence-corrected chi connectivity index (χ4v) is 1.84. The molecular weight excluding hydrogens is 309 g/mol. The van der Waals surface area contributed by atoms with Crippen LogP contribution in [0.3, 0.4) is 0 Å². The van der Waals surface area contributed by atoms with Crippen LogP contribution in [0, 0.1) is 0 Å². The largest absolute Gasteiger partial charge is 1.00 e. The van der Waals surface area contributed by atoms with E-state index in [2.05, 4.69) is 17.3 Å². The Bertz CT molecular complexity index is 204. The van der Waals surface area contributed by atoms with Gasteiger partial charge in [0.15, 0.2) is 6.20 Å². The second-order valence-corrected chi connectivity index (χ2v) is 4.06. The molecular formula is C10H18INOS. The Morgan fingerprint density at radius 3 is 2.86 bits per heavy atom. The van der Waals surface area contributed by atoms with Crippen LogP contribution in [0.1, 0.15) is 31.2 Å². The number of nitrogens with one attached hydrogen (secondary N) is 1. The van der Waals surface area contributed by atoms with Gasteiger partial charge >= 0.3 is 0 Å². The van der Waals surface area contributed by atoms with Crippen molar-refractivity contribution in [2.45, 2.75) is 32.6 Å². The molecule has 0 saturated heterocycles. The molecule has 1 N–H and O–H groups in total. The number of aromatic amines is 1. The Balaban J connectivity index is 0.00000169. The summed E-state index contributed by atoms with van der Waals surface area (Å²) in [5.41, 5.74) is 0. The van der Waals surface area contributed by atoms with E-state index in [4.69, 9.17) is 4.74 Å². The van der Waals surface area contributed by atoms with Crippen LogP contribution in [0.4, 0.5) is 0 Å². The molecule has 0 aromatic carbocycles. The maximum Gasteiger partial charge on any atom is 0.235 e. The van der Waals surface area contributed by atoms with Crippen molar-refractivity contribution < 1.29 is 33.7 Å². The van der Waals surface area contributed by atoms with Crippen molar-refractivity contribution in [3.63, 3.8) is 0 Å². The third-order valence-electron chi connectivity index (χ3n) is 1.81. The predicted molar refractivity (Wildman–Crippen MR) is 54.9 cm³/mol. The summed E-state index contributed by atoms with van der Waals surface area (Å²) in [6, 6.07) is 0. The molecule has 82 valence electrons. The number of thiazole rings is 1. The third kappa shape index (κ3) is 6.73. The average Bonchev–Trinajstić information content (AvgIpc) is 2.63. The summed E-state index contributed by atoms with van der Waals surface area (Å²) in [5, 5.41) is 3.46. The molecule has 0 saturated carbocycles. The van der Waals surface area contributed by atoms with Gasteiger partial charge in [-0.15, -0.1) is 0 Å². The summed E-state index contributed by atoms with van der Waals surface area (Å²) in [4.78, 5) is 3.22. The first kappa shape index (κ1) is 14.3. The Labute approximate surface area is 107 Å². The SMILES string of the molecule is CCCOCCCCc1[nH+]ccs1.[I-]. The van der Waals surface area contributed by atoms with Crippen molar-refractivity contribution in [1.82, 2.24) is 0 Å². The molecule has 0 unspecified atom stereocenters. The number of unbranched alkanes of at least 4 members (excludes halogenated alkanes) is 1. The third-order valence-corrected chi connectivity index (χ3v) is 2.69. The summed E-state index contributed by atoms with van der Waals surface area (Å²) < 4.78 is 5.40. The molecule has 0 fully saturated rings. The molecule has 0 spiro atoms. The zero-order valence-corrected chi connectivity index (χ0v) is 11.6. The van der Waals surface area contributed by atoms with Gasteiger partial charge in [0, 0.05) is 19.6 Å². The quantitative estimate of drug-likeness (QED) is 0.481. The maximum atomic E-state index is 5.40. The number of halogens is 1. The smallest absolute Gasteiger partial charge is 0.235 e. The topological polar surface area (TPSA) is 23.4 Å². The van der Waals surface area contributed by atoms with Crippen molar-refractivity contribution >= 4 is 11.3 Å². The van der Waals surface area contributed by atoms with Gasteiger partial charge in [0.2, 0.25) is 5.01 Å². The Morgan fingerprint density at radius 1 is 1.36 bits per heavy atom.